The summed E-state index contributed by atoms with van der Waals surface area (Å²) in [6, 6.07) is 6.69. The molecule has 0 spiro atoms. The summed E-state index contributed by atoms with van der Waals surface area (Å²) in [5, 5.41) is 9.34. The van der Waals surface area contributed by atoms with Gasteiger partial charge in [0.25, 0.3) is 0 Å². The third kappa shape index (κ3) is 2.04. The lowest BCUT2D eigenvalue weighted by Crippen LogP contribution is -1.87. The number of hydrogen-bond acceptors (Lipinski definition) is 1. The number of benzene rings is 1. The number of rotatable bonds is 1. The number of nitriles is 1. The molecule has 0 aliphatic heterocycles. The van der Waals surface area contributed by atoms with Crippen molar-refractivity contribution in [2.24, 2.45) is 0 Å². The number of aromatic amines is 1. The first kappa shape index (κ1) is 11.7. The molecule has 1 heterocycles. The predicted molar refractivity (Wildman–Crippen MR) is 65.4 cm³/mol. The van der Waals surface area contributed by atoms with Crippen molar-refractivity contribution in [3.8, 4) is 17.3 Å². The summed E-state index contributed by atoms with van der Waals surface area (Å²) in [7, 11) is 0. The lowest BCUT2D eigenvalue weighted by atomic mass is 10.1. The predicted octanol–water partition coefficient (Wildman–Crippen LogP) is 3.96. The summed E-state index contributed by atoms with van der Waals surface area (Å²) in [5.41, 5.74) is 3.02. The molecule has 0 amide bonds. The molecule has 2 nitrogen and oxygen atoms in total. The van der Waals surface area contributed by atoms with Gasteiger partial charge in [0.15, 0.2) is 0 Å². The fourth-order valence-corrected chi connectivity index (χ4v) is 1.99. The molecule has 0 bridgehead atoms. The van der Waals surface area contributed by atoms with Crippen molar-refractivity contribution < 1.29 is 4.39 Å². The van der Waals surface area contributed by atoms with Crippen LogP contribution >= 0.6 is 11.6 Å². The molecular formula is C13H10ClFN2. The van der Waals surface area contributed by atoms with Crippen molar-refractivity contribution in [2.45, 2.75) is 13.8 Å². The molecule has 0 unspecified atom stereocenters. The quantitative estimate of drug-likeness (QED) is 0.815. The van der Waals surface area contributed by atoms with Crippen LogP contribution in [0.25, 0.3) is 11.3 Å². The summed E-state index contributed by atoms with van der Waals surface area (Å²) in [6.07, 6.45) is 0. The zero-order chi connectivity index (χ0) is 12.6. The fraction of sp³-hybridized carbons (Fsp3) is 0.154. The summed E-state index contributed by atoms with van der Waals surface area (Å²) in [4.78, 5) is 3.03. The maximum Gasteiger partial charge on any atom is 0.126 e. The number of halogens is 2. The van der Waals surface area contributed by atoms with Crippen molar-refractivity contribution in [1.29, 1.82) is 5.26 Å². The molecule has 0 aliphatic rings. The Kier molecular flexibility index (Phi) is 2.91. The van der Waals surface area contributed by atoms with E-state index in [1.807, 2.05) is 0 Å². The minimum absolute atomic E-state index is 0.310. The van der Waals surface area contributed by atoms with Gasteiger partial charge in [0.2, 0.25) is 0 Å². The number of aryl methyl sites for hydroxylation is 2. The van der Waals surface area contributed by atoms with Gasteiger partial charge in [0.05, 0.1) is 10.6 Å². The average molecular weight is 249 g/mol. The number of nitrogens with one attached hydrogen (secondary N) is 1. The summed E-state index contributed by atoms with van der Waals surface area (Å²) in [6.45, 7) is 3.45. The van der Waals surface area contributed by atoms with Gasteiger partial charge in [-0.1, -0.05) is 11.6 Å². The number of aromatic nitrogens is 1. The van der Waals surface area contributed by atoms with E-state index in [4.69, 9.17) is 16.9 Å². The Morgan fingerprint density at radius 3 is 2.59 bits per heavy atom. The van der Waals surface area contributed by atoms with E-state index < -0.39 is 0 Å². The topological polar surface area (TPSA) is 39.6 Å². The molecule has 4 heteroatoms. The van der Waals surface area contributed by atoms with Gasteiger partial charge in [-0.25, -0.2) is 4.39 Å². The first-order valence-electron chi connectivity index (χ1n) is 5.08. The van der Waals surface area contributed by atoms with Crippen LogP contribution < -0.4 is 0 Å². The molecule has 2 rings (SSSR count). The summed E-state index contributed by atoms with van der Waals surface area (Å²) >= 11 is 6.07. The highest BCUT2D eigenvalue weighted by Crippen LogP contribution is 2.30. The van der Waals surface area contributed by atoms with Crippen molar-refractivity contribution >= 4 is 11.6 Å². The summed E-state index contributed by atoms with van der Waals surface area (Å²) in [5.74, 6) is -0.310. The van der Waals surface area contributed by atoms with E-state index in [0.29, 0.717) is 27.4 Å². The van der Waals surface area contributed by atoms with E-state index >= 15 is 0 Å². The Morgan fingerprint density at radius 1 is 1.29 bits per heavy atom. The largest absolute Gasteiger partial charge is 0.357 e. The van der Waals surface area contributed by atoms with Gasteiger partial charge in [0, 0.05) is 17.0 Å². The molecule has 86 valence electrons. The lowest BCUT2D eigenvalue weighted by Gasteiger charge is -2.04. The van der Waals surface area contributed by atoms with E-state index in [1.165, 1.54) is 6.07 Å². The highest BCUT2D eigenvalue weighted by Gasteiger charge is 2.11. The van der Waals surface area contributed by atoms with Gasteiger partial charge in [-0.15, -0.1) is 0 Å². The Labute approximate surface area is 104 Å². The second-order valence-electron chi connectivity index (χ2n) is 3.91. The van der Waals surface area contributed by atoms with Crippen LogP contribution in [0.2, 0.25) is 5.02 Å². The van der Waals surface area contributed by atoms with Crippen molar-refractivity contribution in [2.75, 3.05) is 0 Å². The molecule has 0 fully saturated rings. The fourth-order valence-electron chi connectivity index (χ4n) is 1.67. The Bertz CT molecular complexity index is 623. The van der Waals surface area contributed by atoms with E-state index in [-0.39, 0.29) is 5.82 Å². The van der Waals surface area contributed by atoms with Gasteiger partial charge >= 0.3 is 0 Å². The molecule has 0 aliphatic carbocycles. The third-order valence-electron chi connectivity index (χ3n) is 2.67. The van der Waals surface area contributed by atoms with Gasteiger partial charge in [-0.3, -0.25) is 0 Å². The lowest BCUT2D eigenvalue weighted by molar-refractivity contribution is 0.619. The molecule has 1 aromatic carbocycles. The summed E-state index contributed by atoms with van der Waals surface area (Å²) < 4.78 is 13.5. The SMILES string of the molecule is Cc1cc(Cl)c(-c2cc(C#N)c(C)[nH]2)cc1F. The van der Waals surface area contributed by atoms with Crippen LogP contribution in [0.4, 0.5) is 4.39 Å². The van der Waals surface area contributed by atoms with E-state index in [0.717, 1.165) is 5.69 Å². The zero-order valence-corrected chi connectivity index (χ0v) is 10.2. The molecule has 0 saturated heterocycles. The molecule has 17 heavy (non-hydrogen) atoms. The first-order chi connectivity index (χ1) is 8.02. The van der Waals surface area contributed by atoms with Gasteiger partial charge in [-0.2, -0.15) is 5.26 Å². The van der Waals surface area contributed by atoms with Crippen LogP contribution in [0.15, 0.2) is 18.2 Å². The van der Waals surface area contributed by atoms with Crippen LogP contribution in [-0.2, 0) is 0 Å². The average Bonchev–Trinajstić information content (AvgIpc) is 2.65. The van der Waals surface area contributed by atoms with Crippen molar-refractivity contribution in [3.05, 3.63) is 45.9 Å². The standard InChI is InChI=1S/C13H10ClFN2/c1-7-3-11(14)10(5-12(7)15)13-4-9(6-16)8(2)17-13/h3-5,17H,1-2H3. The van der Waals surface area contributed by atoms with Crippen LogP contribution in [0, 0.1) is 31.0 Å². The normalized spacial score (nSPS) is 10.3. The maximum atomic E-state index is 13.5. The van der Waals surface area contributed by atoms with Crippen LogP contribution in [0.1, 0.15) is 16.8 Å². The monoisotopic (exact) mass is 248 g/mol. The zero-order valence-electron chi connectivity index (χ0n) is 9.44. The molecule has 2 aromatic rings. The Hall–Kier alpha value is -1.79. The van der Waals surface area contributed by atoms with Crippen molar-refractivity contribution in [1.82, 2.24) is 4.98 Å². The Morgan fingerprint density at radius 2 is 2.00 bits per heavy atom. The van der Waals surface area contributed by atoms with Crippen LogP contribution in [-0.4, -0.2) is 4.98 Å². The van der Waals surface area contributed by atoms with E-state index in [9.17, 15) is 4.39 Å². The first-order valence-corrected chi connectivity index (χ1v) is 5.46. The molecule has 0 radical (unpaired) electrons. The second-order valence-corrected chi connectivity index (χ2v) is 4.32. The van der Waals surface area contributed by atoms with Crippen LogP contribution in [0.3, 0.4) is 0 Å². The minimum Gasteiger partial charge on any atom is -0.357 e. The maximum absolute atomic E-state index is 13.5. The molecule has 1 aromatic heterocycles. The van der Waals surface area contributed by atoms with Gasteiger partial charge < -0.3 is 4.98 Å². The van der Waals surface area contributed by atoms with Crippen LogP contribution in [0.5, 0.6) is 0 Å². The number of nitrogens with zero attached hydrogens (tertiary/aromatic N) is 1. The van der Waals surface area contributed by atoms with Gasteiger partial charge in [-0.05, 0) is 37.6 Å². The third-order valence-corrected chi connectivity index (χ3v) is 2.99. The van der Waals surface area contributed by atoms with E-state index in [1.54, 1.807) is 26.0 Å². The highest BCUT2D eigenvalue weighted by atomic mass is 35.5. The molecule has 1 N–H and O–H groups in total. The number of hydrogen-bond donors (Lipinski definition) is 1. The highest BCUT2D eigenvalue weighted by molar-refractivity contribution is 6.33. The van der Waals surface area contributed by atoms with E-state index in [2.05, 4.69) is 11.1 Å². The number of H-pyrrole nitrogens is 1. The van der Waals surface area contributed by atoms with Crippen molar-refractivity contribution in [3.63, 3.8) is 0 Å². The molecule has 0 atom stereocenters. The van der Waals surface area contributed by atoms with Gasteiger partial charge in [0.1, 0.15) is 11.9 Å². The second kappa shape index (κ2) is 4.23. The smallest absolute Gasteiger partial charge is 0.126 e. The minimum atomic E-state index is -0.310. The Balaban J connectivity index is 2.61. The molecule has 0 saturated carbocycles. The molecular weight excluding hydrogens is 239 g/mol.